The second kappa shape index (κ2) is 5.96. The van der Waals surface area contributed by atoms with Crippen molar-refractivity contribution in [1.29, 1.82) is 0 Å². The van der Waals surface area contributed by atoms with Crippen LogP contribution in [0.15, 0.2) is 40.9 Å². The largest absolute Gasteiger partial charge is 0.352 e. The molecular formula is C17H20BrNO. The second-order valence-electron chi connectivity index (χ2n) is 5.91. The van der Waals surface area contributed by atoms with E-state index >= 15 is 0 Å². The maximum Gasteiger partial charge on any atom is 0.251 e. The number of benzene rings is 2. The minimum atomic E-state index is -0.00339. The molecule has 2 aromatic rings. The van der Waals surface area contributed by atoms with Crippen molar-refractivity contribution in [2.45, 2.75) is 27.2 Å². The maximum absolute atomic E-state index is 12.2. The fraction of sp³-hybridized carbons (Fsp3) is 0.353. The average molecular weight is 334 g/mol. The van der Waals surface area contributed by atoms with Crippen molar-refractivity contribution >= 4 is 32.6 Å². The van der Waals surface area contributed by atoms with Gasteiger partial charge in [0.15, 0.2) is 0 Å². The Morgan fingerprint density at radius 1 is 1.15 bits per heavy atom. The Kier molecular flexibility index (Phi) is 4.48. The molecule has 2 nitrogen and oxygen atoms in total. The van der Waals surface area contributed by atoms with Crippen LogP contribution in [-0.2, 0) is 0 Å². The molecule has 0 heterocycles. The van der Waals surface area contributed by atoms with E-state index in [0.29, 0.717) is 12.1 Å². The number of rotatable bonds is 4. The van der Waals surface area contributed by atoms with Gasteiger partial charge in [-0.2, -0.15) is 0 Å². The summed E-state index contributed by atoms with van der Waals surface area (Å²) in [6, 6.07) is 11.9. The van der Waals surface area contributed by atoms with E-state index in [1.165, 1.54) is 0 Å². The molecule has 0 unspecified atom stereocenters. The van der Waals surface area contributed by atoms with E-state index in [-0.39, 0.29) is 11.3 Å². The van der Waals surface area contributed by atoms with E-state index in [1.807, 2.05) is 30.3 Å². The number of hydrogen-bond acceptors (Lipinski definition) is 1. The third-order valence-corrected chi connectivity index (χ3v) is 4.24. The minimum Gasteiger partial charge on any atom is -0.352 e. The van der Waals surface area contributed by atoms with Crippen molar-refractivity contribution < 1.29 is 4.79 Å². The van der Waals surface area contributed by atoms with Crippen LogP contribution in [0.4, 0.5) is 0 Å². The molecule has 0 saturated heterocycles. The molecule has 0 aliphatic carbocycles. The first-order chi connectivity index (χ1) is 9.41. The van der Waals surface area contributed by atoms with Crippen molar-refractivity contribution in [2.75, 3.05) is 6.54 Å². The van der Waals surface area contributed by atoms with Gasteiger partial charge >= 0.3 is 0 Å². The molecule has 20 heavy (non-hydrogen) atoms. The van der Waals surface area contributed by atoms with Crippen LogP contribution >= 0.6 is 15.9 Å². The van der Waals surface area contributed by atoms with Gasteiger partial charge in [-0.3, -0.25) is 4.79 Å². The molecule has 0 aromatic heterocycles. The molecule has 1 N–H and O–H groups in total. The number of hydrogen-bond donors (Lipinski definition) is 1. The highest BCUT2D eigenvalue weighted by atomic mass is 79.9. The smallest absolute Gasteiger partial charge is 0.251 e. The zero-order valence-electron chi connectivity index (χ0n) is 12.2. The summed E-state index contributed by atoms with van der Waals surface area (Å²) in [6.07, 6.45) is 1.04. The monoisotopic (exact) mass is 333 g/mol. The molecule has 0 saturated carbocycles. The SMILES string of the molecule is CCC(C)(C)CNC(=O)c1ccc2cc(Br)ccc2c1. The maximum atomic E-state index is 12.2. The Morgan fingerprint density at radius 3 is 2.50 bits per heavy atom. The van der Waals surface area contributed by atoms with E-state index in [4.69, 9.17) is 0 Å². The highest BCUT2D eigenvalue weighted by Crippen LogP contribution is 2.21. The van der Waals surface area contributed by atoms with Crippen molar-refractivity contribution in [1.82, 2.24) is 5.32 Å². The molecule has 106 valence electrons. The van der Waals surface area contributed by atoms with Crippen molar-refractivity contribution in [3.05, 3.63) is 46.4 Å². The van der Waals surface area contributed by atoms with Gasteiger partial charge in [-0.15, -0.1) is 0 Å². The molecule has 0 spiro atoms. The number of amides is 1. The van der Waals surface area contributed by atoms with Gasteiger partial charge in [0.2, 0.25) is 0 Å². The second-order valence-corrected chi connectivity index (χ2v) is 6.82. The van der Waals surface area contributed by atoms with Crippen LogP contribution in [-0.4, -0.2) is 12.5 Å². The fourth-order valence-electron chi connectivity index (χ4n) is 1.90. The van der Waals surface area contributed by atoms with E-state index in [9.17, 15) is 4.79 Å². The summed E-state index contributed by atoms with van der Waals surface area (Å²) in [4.78, 5) is 12.2. The normalized spacial score (nSPS) is 11.6. The van der Waals surface area contributed by atoms with Gasteiger partial charge in [-0.05, 0) is 46.9 Å². The molecule has 0 aliphatic rings. The number of halogens is 1. The first kappa shape index (κ1) is 15.0. The van der Waals surface area contributed by atoms with Gasteiger partial charge in [-0.1, -0.05) is 48.8 Å². The molecule has 1 amide bonds. The zero-order valence-corrected chi connectivity index (χ0v) is 13.8. The predicted octanol–water partition coefficient (Wildman–Crippen LogP) is 4.77. The Hall–Kier alpha value is -1.35. The number of carbonyl (C=O) groups is 1. The lowest BCUT2D eigenvalue weighted by atomic mass is 9.90. The summed E-state index contributed by atoms with van der Waals surface area (Å²) >= 11 is 3.46. The quantitative estimate of drug-likeness (QED) is 0.857. The fourth-order valence-corrected chi connectivity index (χ4v) is 2.28. The number of carbonyl (C=O) groups excluding carboxylic acids is 1. The lowest BCUT2D eigenvalue weighted by molar-refractivity contribution is 0.0936. The molecular weight excluding hydrogens is 314 g/mol. The summed E-state index contributed by atoms with van der Waals surface area (Å²) in [5, 5.41) is 5.23. The summed E-state index contributed by atoms with van der Waals surface area (Å²) < 4.78 is 1.05. The summed E-state index contributed by atoms with van der Waals surface area (Å²) in [5.41, 5.74) is 0.851. The third-order valence-electron chi connectivity index (χ3n) is 3.75. The summed E-state index contributed by atoms with van der Waals surface area (Å²) in [6.45, 7) is 7.15. The topological polar surface area (TPSA) is 29.1 Å². The van der Waals surface area contributed by atoms with Crippen LogP contribution in [0.3, 0.4) is 0 Å². The Labute approximate surface area is 128 Å². The van der Waals surface area contributed by atoms with E-state index in [1.54, 1.807) is 0 Å². The van der Waals surface area contributed by atoms with E-state index in [0.717, 1.165) is 21.7 Å². The van der Waals surface area contributed by atoms with E-state index in [2.05, 4.69) is 48.1 Å². The summed E-state index contributed by atoms with van der Waals surface area (Å²) in [5.74, 6) is -0.00339. The zero-order chi connectivity index (χ0) is 14.8. The van der Waals surface area contributed by atoms with Gasteiger partial charge in [0.25, 0.3) is 5.91 Å². The van der Waals surface area contributed by atoms with Gasteiger partial charge in [0.05, 0.1) is 0 Å². The van der Waals surface area contributed by atoms with Crippen molar-refractivity contribution in [2.24, 2.45) is 5.41 Å². The lowest BCUT2D eigenvalue weighted by Gasteiger charge is -2.22. The summed E-state index contributed by atoms with van der Waals surface area (Å²) in [7, 11) is 0. The Bertz CT molecular complexity index is 634. The number of nitrogens with one attached hydrogen (secondary N) is 1. The standard InChI is InChI=1S/C17H20BrNO/c1-4-17(2,3)11-19-16(20)14-6-5-13-10-15(18)8-7-12(13)9-14/h5-10H,4,11H2,1-3H3,(H,19,20). The average Bonchev–Trinajstić information content (AvgIpc) is 2.44. The van der Waals surface area contributed by atoms with Crippen LogP contribution in [0.1, 0.15) is 37.6 Å². The van der Waals surface area contributed by atoms with E-state index < -0.39 is 0 Å². The Balaban J connectivity index is 2.16. The third kappa shape index (κ3) is 3.60. The van der Waals surface area contributed by atoms with Crippen LogP contribution in [0, 0.1) is 5.41 Å². The molecule has 0 atom stereocenters. The van der Waals surface area contributed by atoms with Crippen molar-refractivity contribution in [3.63, 3.8) is 0 Å². The van der Waals surface area contributed by atoms with Gasteiger partial charge in [-0.25, -0.2) is 0 Å². The van der Waals surface area contributed by atoms with Crippen LogP contribution < -0.4 is 5.32 Å². The molecule has 0 radical (unpaired) electrons. The molecule has 0 bridgehead atoms. The predicted molar refractivity (Wildman–Crippen MR) is 88.1 cm³/mol. The van der Waals surface area contributed by atoms with Crippen LogP contribution in [0.5, 0.6) is 0 Å². The molecule has 2 rings (SSSR count). The van der Waals surface area contributed by atoms with Gasteiger partial charge in [0.1, 0.15) is 0 Å². The molecule has 3 heteroatoms. The molecule has 0 fully saturated rings. The number of fused-ring (bicyclic) bond motifs is 1. The highest BCUT2D eigenvalue weighted by Gasteiger charge is 2.16. The van der Waals surface area contributed by atoms with Gasteiger partial charge in [0, 0.05) is 16.6 Å². The van der Waals surface area contributed by atoms with Crippen LogP contribution in [0.25, 0.3) is 10.8 Å². The first-order valence-electron chi connectivity index (χ1n) is 6.89. The van der Waals surface area contributed by atoms with Crippen molar-refractivity contribution in [3.8, 4) is 0 Å². The Morgan fingerprint density at radius 2 is 1.80 bits per heavy atom. The first-order valence-corrected chi connectivity index (χ1v) is 7.68. The van der Waals surface area contributed by atoms with Gasteiger partial charge < -0.3 is 5.32 Å². The minimum absolute atomic E-state index is 0.00339. The van der Waals surface area contributed by atoms with Crippen LogP contribution in [0.2, 0.25) is 0 Å². The molecule has 2 aromatic carbocycles. The molecule has 0 aliphatic heterocycles. The highest BCUT2D eigenvalue weighted by molar-refractivity contribution is 9.10. The lowest BCUT2D eigenvalue weighted by Crippen LogP contribution is -2.33.